The van der Waals surface area contributed by atoms with E-state index in [0.29, 0.717) is 38.0 Å². The summed E-state index contributed by atoms with van der Waals surface area (Å²) in [5, 5.41) is 14.0. The lowest BCUT2D eigenvalue weighted by Gasteiger charge is -2.47. The number of methoxy groups -OCH3 is 1. The SMILES string of the molecule is COC(=O)C(C)(C)Oc1ccc(Cl)cc1[C@H]1CC(=O)NC(c2cc(F)ccc2C)[C@]12C(=O)N(CO)c1cc(Cl)ccc12. The molecule has 0 aliphatic carbocycles. The second-order valence-corrected chi connectivity index (χ2v) is 11.8. The predicted octanol–water partition coefficient (Wildman–Crippen LogP) is 5.35. The molecule has 2 heterocycles. The molecule has 1 saturated heterocycles. The molecule has 42 heavy (non-hydrogen) atoms. The number of piperidine rings is 1. The van der Waals surface area contributed by atoms with Crippen LogP contribution in [0.1, 0.15) is 54.5 Å². The van der Waals surface area contributed by atoms with Crippen molar-refractivity contribution >= 4 is 46.7 Å². The number of rotatable bonds is 6. The number of aryl methyl sites for hydroxylation is 1. The number of hydrogen-bond acceptors (Lipinski definition) is 6. The van der Waals surface area contributed by atoms with Crippen LogP contribution >= 0.6 is 23.2 Å². The maximum absolute atomic E-state index is 14.7. The van der Waals surface area contributed by atoms with Crippen LogP contribution in [-0.2, 0) is 24.5 Å². The summed E-state index contributed by atoms with van der Waals surface area (Å²) in [6.07, 6.45) is -0.187. The molecule has 1 unspecified atom stereocenters. The monoisotopic (exact) mass is 614 g/mol. The number of nitrogens with one attached hydrogen (secondary N) is 1. The fraction of sp³-hybridized carbons (Fsp3) is 0.323. The molecular weight excluding hydrogens is 586 g/mol. The van der Waals surface area contributed by atoms with Gasteiger partial charge in [0, 0.05) is 27.9 Å². The Labute approximate surface area is 252 Å². The molecule has 220 valence electrons. The van der Waals surface area contributed by atoms with E-state index in [9.17, 15) is 23.9 Å². The molecule has 1 fully saturated rings. The molecule has 5 rings (SSSR count). The van der Waals surface area contributed by atoms with E-state index in [1.165, 1.54) is 38.0 Å². The lowest BCUT2D eigenvalue weighted by molar-refractivity contribution is -0.156. The number of aliphatic hydroxyl groups excluding tert-OH is 1. The minimum absolute atomic E-state index is 0.187. The maximum atomic E-state index is 14.7. The molecule has 3 aromatic rings. The average molecular weight is 615 g/mol. The highest BCUT2D eigenvalue weighted by molar-refractivity contribution is 6.31. The van der Waals surface area contributed by atoms with E-state index >= 15 is 0 Å². The molecule has 0 radical (unpaired) electrons. The first-order chi connectivity index (χ1) is 19.8. The van der Waals surface area contributed by atoms with Gasteiger partial charge in [-0.1, -0.05) is 35.3 Å². The molecule has 8 nitrogen and oxygen atoms in total. The van der Waals surface area contributed by atoms with Crippen molar-refractivity contribution in [3.63, 3.8) is 0 Å². The van der Waals surface area contributed by atoms with Crippen molar-refractivity contribution in [3.8, 4) is 5.75 Å². The van der Waals surface area contributed by atoms with E-state index in [0.717, 1.165) is 0 Å². The van der Waals surface area contributed by atoms with Crippen molar-refractivity contribution in [2.24, 2.45) is 0 Å². The summed E-state index contributed by atoms with van der Waals surface area (Å²) in [7, 11) is 1.24. The molecule has 0 bridgehead atoms. The van der Waals surface area contributed by atoms with E-state index in [2.05, 4.69) is 5.32 Å². The third-order valence-corrected chi connectivity index (χ3v) is 8.55. The van der Waals surface area contributed by atoms with Crippen LogP contribution < -0.4 is 15.0 Å². The zero-order valence-electron chi connectivity index (χ0n) is 23.3. The van der Waals surface area contributed by atoms with Gasteiger partial charge in [-0.3, -0.25) is 14.5 Å². The number of fused-ring (bicyclic) bond motifs is 2. The van der Waals surface area contributed by atoms with Gasteiger partial charge in [0.1, 0.15) is 23.7 Å². The minimum Gasteiger partial charge on any atom is -0.476 e. The van der Waals surface area contributed by atoms with Crippen LogP contribution in [0.25, 0.3) is 0 Å². The van der Waals surface area contributed by atoms with Crippen molar-refractivity contribution in [2.75, 3.05) is 18.7 Å². The van der Waals surface area contributed by atoms with Crippen LogP contribution in [-0.4, -0.2) is 42.3 Å². The molecule has 11 heteroatoms. The van der Waals surface area contributed by atoms with Crippen LogP contribution in [0, 0.1) is 12.7 Å². The van der Waals surface area contributed by atoms with Crippen LogP contribution in [0.4, 0.5) is 10.1 Å². The number of benzene rings is 3. The number of hydrogen-bond donors (Lipinski definition) is 2. The largest absolute Gasteiger partial charge is 0.476 e. The van der Waals surface area contributed by atoms with Crippen LogP contribution in [0.2, 0.25) is 10.0 Å². The van der Waals surface area contributed by atoms with E-state index in [4.69, 9.17) is 32.7 Å². The number of amides is 2. The summed E-state index contributed by atoms with van der Waals surface area (Å²) in [5.74, 6) is -2.85. The third kappa shape index (κ3) is 4.69. The number of ether oxygens (including phenoxy) is 2. The smallest absolute Gasteiger partial charge is 0.349 e. The Kier molecular flexibility index (Phi) is 7.72. The van der Waals surface area contributed by atoms with Crippen molar-refractivity contribution < 1.29 is 33.4 Å². The molecule has 2 N–H and O–H groups in total. The normalized spacial score (nSPS) is 21.8. The average Bonchev–Trinajstić information content (AvgIpc) is 3.18. The Morgan fingerprint density at radius 1 is 1.10 bits per heavy atom. The van der Waals surface area contributed by atoms with E-state index in [-0.39, 0.29) is 12.2 Å². The molecule has 2 aliphatic heterocycles. The van der Waals surface area contributed by atoms with Gasteiger partial charge in [0.15, 0.2) is 5.60 Å². The fourth-order valence-electron chi connectivity index (χ4n) is 6.21. The Morgan fingerprint density at radius 2 is 1.79 bits per heavy atom. The van der Waals surface area contributed by atoms with Gasteiger partial charge in [0.2, 0.25) is 11.8 Å². The predicted molar refractivity (Wildman–Crippen MR) is 155 cm³/mol. The Morgan fingerprint density at radius 3 is 2.48 bits per heavy atom. The van der Waals surface area contributed by atoms with E-state index < -0.39 is 53.3 Å². The molecule has 0 aromatic heterocycles. The number of aliphatic hydroxyl groups is 1. The van der Waals surface area contributed by atoms with Crippen molar-refractivity contribution in [3.05, 3.63) is 92.7 Å². The minimum atomic E-state index is -1.60. The van der Waals surface area contributed by atoms with Gasteiger partial charge in [-0.25, -0.2) is 9.18 Å². The number of nitrogens with zero attached hydrogens (tertiary/aromatic N) is 1. The highest BCUT2D eigenvalue weighted by Gasteiger charge is 2.64. The van der Waals surface area contributed by atoms with Gasteiger partial charge in [0.25, 0.3) is 0 Å². The van der Waals surface area contributed by atoms with E-state index in [1.54, 1.807) is 49.4 Å². The van der Waals surface area contributed by atoms with Crippen molar-refractivity contribution in [1.29, 1.82) is 0 Å². The van der Waals surface area contributed by atoms with Gasteiger partial charge in [-0.05, 0) is 79.9 Å². The number of carbonyl (C=O) groups excluding carboxylic acids is 3. The first kappa shape index (κ1) is 29.8. The summed E-state index contributed by atoms with van der Waals surface area (Å²) in [4.78, 5) is 41.9. The Balaban J connectivity index is 1.85. The van der Waals surface area contributed by atoms with Gasteiger partial charge in [-0.2, -0.15) is 0 Å². The summed E-state index contributed by atoms with van der Waals surface area (Å²) in [5.41, 5.74) is -0.807. The lowest BCUT2D eigenvalue weighted by atomic mass is 9.58. The fourth-order valence-corrected chi connectivity index (χ4v) is 6.56. The molecule has 2 amide bonds. The molecule has 3 aromatic carbocycles. The van der Waals surface area contributed by atoms with Crippen LogP contribution in [0.15, 0.2) is 54.6 Å². The summed E-state index contributed by atoms with van der Waals surface area (Å²) < 4.78 is 25.9. The summed E-state index contributed by atoms with van der Waals surface area (Å²) >= 11 is 12.8. The number of carbonyl (C=O) groups is 3. The second-order valence-electron chi connectivity index (χ2n) is 10.9. The molecular formula is C31H29Cl2FN2O6. The topological polar surface area (TPSA) is 105 Å². The van der Waals surface area contributed by atoms with Gasteiger partial charge in [0.05, 0.1) is 18.8 Å². The Bertz CT molecular complexity index is 1610. The summed E-state index contributed by atoms with van der Waals surface area (Å²) in [6.45, 7) is 4.16. The van der Waals surface area contributed by atoms with Gasteiger partial charge in [-0.15, -0.1) is 0 Å². The number of anilines is 1. The zero-order chi connectivity index (χ0) is 30.6. The summed E-state index contributed by atoms with van der Waals surface area (Å²) in [6, 6.07) is 12.7. The molecule has 2 aliphatic rings. The second kappa shape index (κ2) is 10.9. The molecule has 3 atom stereocenters. The van der Waals surface area contributed by atoms with Gasteiger partial charge >= 0.3 is 5.97 Å². The van der Waals surface area contributed by atoms with E-state index in [1.807, 2.05) is 0 Å². The van der Waals surface area contributed by atoms with Gasteiger partial charge < -0.3 is 19.9 Å². The Hall–Kier alpha value is -3.66. The third-order valence-electron chi connectivity index (χ3n) is 8.08. The first-order valence-electron chi connectivity index (χ1n) is 13.2. The number of esters is 1. The number of halogens is 3. The molecule has 0 saturated carbocycles. The van der Waals surface area contributed by atoms with Crippen molar-refractivity contribution in [1.82, 2.24) is 5.32 Å². The highest BCUT2D eigenvalue weighted by atomic mass is 35.5. The van der Waals surface area contributed by atoms with Crippen LogP contribution in [0.3, 0.4) is 0 Å². The standard InChI is InChI=1S/C31H29Cl2FN2O6/c1-16-5-8-19(34)13-20(16)27-31(22-9-6-18(33)12-24(22)36(15-37)28(31)39)23(14-26(38)35-27)21-11-17(32)7-10-25(21)42-30(2,3)29(40)41-4/h5-13,23,27,37H,14-15H2,1-4H3,(H,35,38)/t23-,27?,31-/m1/s1. The zero-order valence-corrected chi connectivity index (χ0v) is 24.8. The quantitative estimate of drug-likeness (QED) is 0.363. The van der Waals surface area contributed by atoms with Crippen LogP contribution in [0.5, 0.6) is 5.75 Å². The highest BCUT2D eigenvalue weighted by Crippen LogP contribution is 2.60. The molecule has 1 spiro atoms. The maximum Gasteiger partial charge on any atom is 0.349 e. The first-order valence-corrected chi connectivity index (χ1v) is 14.0. The lowest BCUT2D eigenvalue weighted by Crippen LogP contribution is -2.58. The van der Waals surface area contributed by atoms with Crippen molar-refractivity contribution in [2.45, 2.75) is 50.2 Å².